The minimum Gasteiger partial charge on any atom is -0.478 e. The molecule has 0 aliphatic heterocycles. The highest BCUT2D eigenvalue weighted by Crippen LogP contribution is 2.34. The van der Waals surface area contributed by atoms with Crippen LogP contribution in [-0.4, -0.2) is 11.1 Å². The Kier molecular flexibility index (Phi) is 3.23. The zero-order valence-electron chi connectivity index (χ0n) is 8.07. The van der Waals surface area contributed by atoms with Crippen LogP contribution in [-0.2, 0) is 10.5 Å². The molecule has 1 atom stereocenters. The zero-order chi connectivity index (χ0) is 14.2. The lowest BCUT2D eigenvalue weighted by Crippen LogP contribution is -2.32. The largest absolute Gasteiger partial charge is 0.478 e. The third-order valence-electron chi connectivity index (χ3n) is 2.00. The predicted molar refractivity (Wildman–Crippen MR) is 42.3 cm³/mol. The molecule has 3 nitrogen and oxygen atoms in total. The molecule has 0 radical (unpaired) electrons. The molecule has 1 N–H and O–H groups in total. The predicted octanol–water partition coefficient (Wildman–Crippen LogP) is 2.16. The summed E-state index contributed by atoms with van der Waals surface area (Å²) >= 11 is 0. The molecular formula is C9HF6NO2. The first-order valence-electron chi connectivity index (χ1n) is 4.04. The van der Waals surface area contributed by atoms with E-state index in [0.29, 0.717) is 6.07 Å². The van der Waals surface area contributed by atoms with Gasteiger partial charge in [0.2, 0.25) is 5.82 Å². The minimum absolute atomic E-state index is 0.348. The third-order valence-corrected chi connectivity index (χ3v) is 2.00. The zero-order valence-corrected chi connectivity index (χ0v) is 8.07. The van der Waals surface area contributed by atoms with Crippen molar-refractivity contribution in [3.8, 4) is 6.07 Å². The van der Waals surface area contributed by atoms with Crippen molar-refractivity contribution in [2.45, 2.75) is 5.67 Å². The molecule has 18 heavy (non-hydrogen) atoms. The Balaban J connectivity index is 3.83. The van der Waals surface area contributed by atoms with Crippen molar-refractivity contribution in [3.05, 3.63) is 34.6 Å². The maximum Gasteiger partial charge on any atom is 0.361 e. The first-order valence-corrected chi connectivity index (χ1v) is 4.04. The van der Waals surface area contributed by atoms with Crippen LogP contribution in [0.15, 0.2) is 0 Å². The van der Waals surface area contributed by atoms with E-state index in [4.69, 9.17) is 10.4 Å². The van der Waals surface area contributed by atoms with Gasteiger partial charge in [0.25, 0.3) is 0 Å². The minimum atomic E-state index is -4.39. The van der Waals surface area contributed by atoms with Gasteiger partial charge in [-0.15, -0.1) is 0 Å². The summed E-state index contributed by atoms with van der Waals surface area (Å²) in [5, 5.41) is 16.5. The van der Waals surface area contributed by atoms with E-state index in [9.17, 15) is 31.1 Å². The molecule has 0 heterocycles. The molecule has 1 aromatic rings. The van der Waals surface area contributed by atoms with E-state index in [0.717, 1.165) is 0 Å². The number of benzene rings is 1. The second-order valence-corrected chi connectivity index (χ2v) is 3.02. The van der Waals surface area contributed by atoms with E-state index >= 15 is 0 Å². The number of nitrogens with zero attached hydrogens (tertiary/aromatic N) is 1. The normalized spacial score (nSPS) is 13.8. The maximum absolute atomic E-state index is 13.5. The van der Waals surface area contributed by atoms with Crippen molar-refractivity contribution in [2.24, 2.45) is 0 Å². The Morgan fingerprint density at radius 3 is 1.61 bits per heavy atom. The lowest BCUT2D eigenvalue weighted by atomic mass is 9.95. The van der Waals surface area contributed by atoms with Gasteiger partial charge in [0.15, 0.2) is 23.3 Å². The molecule has 0 saturated carbocycles. The fourth-order valence-corrected chi connectivity index (χ4v) is 1.12. The number of halogens is 6. The van der Waals surface area contributed by atoms with Crippen LogP contribution in [0, 0.1) is 40.4 Å². The molecule has 0 saturated heterocycles. The number of rotatable bonds is 2. The highest BCUT2D eigenvalue weighted by atomic mass is 19.2. The van der Waals surface area contributed by atoms with Gasteiger partial charge in [-0.1, -0.05) is 0 Å². The Bertz CT molecular complexity index is 552. The standard InChI is InChI=1S/C9HF6NO2/c10-3-2(9(15,1-16)8(17)18)4(11)6(13)7(14)5(3)12/h(H,17,18). The van der Waals surface area contributed by atoms with Crippen LogP contribution in [0.4, 0.5) is 26.3 Å². The van der Waals surface area contributed by atoms with Crippen LogP contribution in [0.1, 0.15) is 5.56 Å². The van der Waals surface area contributed by atoms with Gasteiger partial charge >= 0.3 is 11.6 Å². The Morgan fingerprint density at radius 2 is 1.33 bits per heavy atom. The monoisotopic (exact) mass is 269 g/mol. The Hall–Kier alpha value is -2.24. The van der Waals surface area contributed by atoms with Crippen LogP contribution in [0.3, 0.4) is 0 Å². The molecule has 9 heteroatoms. The van der Waals surface area contributed by atoms with Crippen LogP contribution < -0.4 is 0 Å². The number of alkyl halides is 1. The van der Waals surface area contributed by atoms with E-state index < -0.39 is 46.3 Å². The van der Waals surface area contributed by atoms with E-state index in [1.807, 2.05) is 0 Å². The molecular weight excluding hydrogens is 268 g/mol. The maximum atomic E-state index is 13.5. The quantitative estimate of drug-likeness (QED) is 0.508. The molecule has 1 rings (SSSR count). The number of nitriles is 1. The highest BCUT2D eigenvalue weighted by molar-refractivity contribution is 5.83. The molecule has 0 bridgehead atoms. The molecule has 0 spiro atoms. The number of carboxylic acids is 1. The second kappa shape index (κ2) is 4.21. The van der Waals surface area contributed by atoms with Crippen molar-refractivity contribution in [2.75, 3.05) is 0 Å². The van der Waals surface area contributed by atoms with Crippen molar-refractivity contribution in [1.29, 1.82) is 5.26 Å². The SMILES string of the molecule is N#CC(F)(C(=O)O)c1c(F)c(F)c(F)c(F)c1F. The molecule has 1 aromatic carbocycles. The summed E-state index contributed by atoms with van der Waals surface area (Å²) in [7, 11) is 0. The summed E-state index contributed by atoms with van der Waals surface area (Å²) < 4.78 is 77.6. The van der Waals surface area contributed by atoms with Gasteiger partial charge in [-0.3, -0.25) is 0 Å². The number of carbonyl (C=O) groups is 1. The number of hydrogen-bond donors (Lipinski definition) is 1. The first-order chi connectivity index (χ1) is 8.18. The summed E-state index contributed by atoms with van der Waals surface area (Å²) in [6.45, 7) is 0. The molecule has 1 unspecified atom stereocenters. The Morgan fingerprint density at radius 1 is 1.00 bits per heavy atom. The van der Waals surface area contributed by atoms with Gasteiger partial charge in [-0.05, 0) is 0 Å². The van der Waals surface area contributed by atoms with Crippen LogP contribution >= 0.6 is 0 Å². The molecule has 0 aliphatic rings. The summed E-state index contributed by atoms with van der Waals surface area (Å²) in [6.07, 6.45) is 0. The number of carboxylic acid groups (broad SMARTS) is 1. The molecule has 0 amide bonds. The summed E-state index contributed by atoms with van der Waals surface area (Å²) in [6, 6.07) is 0.348. The topological polar surface area (TPSA) is 61.1 Å². The summed E-state index contributed by atoms with van der Waals surface area (Å²) in [5.41, 5.74) is -6.74. The molecule has 0 aliphatic carbocycles. The van der Waals surface area contributed by atoms with Crippen molar-refractivity contribution < 1.29 is 36.2 Å². The smallest absolute Gasteiger partial charge is 0.361 e. The van der Waals surface area contributed by atoms with E-state index in [-0.39, 0.29) is 0 Å². The van der Waals surface area contributed by atoms with Gasteiger partial charge in [0.05, 0.1) is 5.56 Å². The van der Waals surface area contributed by atoms with Gasteiger partial charge in [-0.25, -0.2) is 31.1 Å². The van der Waals surface area contributed by atoms with Gasteiger partial charge in [0.1, 0.15) is 6.07 Å². The highest BCUT2D eigenvalue weighted by Gasteiger charge is 2.48. The molecule has 96 valence electrons. The second-order valence-electron chi connectivity index (χ2n) is 3.02. The van der Waals surface area contributed by atoms with E-state index in [1.165, 1.54) is 0 Å². The van der Waals surface area contributed by atoms with E-state index in [2.05, 4.69) is 0 Å². The van der Waals surface area contributed by atoms with Crippen molar-refractivity contribution in [1.82, 2.24) is 0 Å². The lowest BCUT2D eigenvalue weighted by molar-refractivity contribution is -0.147. The average molecular weight is 269 g/mol. The summed E-state index contributed by atoms with van der Waals surface area (Å²) in [5.74, 6) is -15.8. The molecule has 0 aromatic heterocycles. The van der Waals surface area contributed by atoms with Crippen LogP contribution in [0.2, 0.25) is 0 Å². The Labute approximate surface area is 94.9 Å². The van der Waals surface area contributed by atoms with Gasteiger partial charge < -0.3 is 5.11 Å². The average Bonchev–Trinajstić information content (AvgIpc) is 2.33. The number of aliphatic carboxylic acids is 1. The third kappa shape index (κ3) is 1.66. The lowest BCUT2D eigenvalue weighted by Gasteiger charge is -2.15. The fraction of sp³-hybridized carbons (Fsp3) is 0.111. The van der Waals surface area contributed by atoms with Gasteiger partial charge in [0, 0.05) is 0 Å². The van der Waals surface area contributed by atoms with Crippen LogP contribution in [0.5, 0.6) is 0 Å². The van der Waals surface area contributed by atoms with Gasteiger partial charge in [-0.2, -0.15) is 5.26 Å². The first kappa shape index (κ1) is 13.8. The van der Waals surface area contributed by atoms with Crippen molar-refractivity contribution in [3.63, 3.8) is 0 Å². The van der Waals surface area contributed by atoms with Crippen LogP contribution in [0.25, 0.3) is 0 Å². The number of hydrogen-bond acceptors (Lipinski definition) is 2. The molecule has 0 fully saturated rings. The fourth-order valence-electron chi connectivity index (χ4n) is 1.12. The van der Waals surface area contributed by atoms with Crippen molar-refractivity contribution >= 4 is 5.97 Å². The summed E-state index contributed by atoms with van der Waals surface area (Å²) in [4.78, 5) is 10.4. The van der Waals surface area contributed by atoms with E-state index in [1.54, 1.807) is 0 Å².